The van der Waals surface area contributed by atoms with E-state index < -0.39 is 6.04 Å². The first-order chi connectivity index (χ1) is 11.1. The van der Waals surface area contributed by atoms with Gasteiger partial charge in [-0.2, -0.15) is 0 Å². The summed E-state index contributed by atoms with van der Waals surface area (Å²) < 4.78 is 0. The summed E-state index contributed by atoms with van der Waals surface area (Å²) >= 11 is 5.82. The maximum atomic E-state index is 11.9. The van der Waals surface area contributed by atoms with E-state index >= 15 is 0 Å². The first kappa shape index (κ1) is 17.8. The molecule has 0 saturated heterocycles. The lowest BCUT2D eigenvalue weighted by Gasteiger charge is -2.17. The maximum Gasteiger partial charge on any atom is 0.239 e. The summed E-state index contributed by atoms with van der Waals surface area (Å²) in [5.41, 5.74) is 0.766. The van der Waals surface area contributed by atoms with E-state index in [2.05, 4.69) is 10.6 Å². The number of hydrogen-bond donors (Lipinski definition) is 3. The first-order valence-corrected chi connectivity index (χ1v) is 8.38. The lowest BCUT2D eigenvalue weighted by Crippen LogP contribution is -2.40. The third-order valence-electron chi connectivity index (χ3n) is 4.19. The van der Waals surface area contributed by atoms with Crippen molar-refractivity contribution in [1.29, 1.82) is 0 Å². The van der Waals surface area contributed by atoms with Crippen LogP contribution in [-0.2, 0) is 9.59 Å². The second kappa shape index (κ2) is 8.89. The molecule has 126 valence electrons. The van der Waals surface area contributed by atoms with E-state index in [0.29, 0.717) is 17.4 Å². The summed E-state index contributed by atoms with van der Waals surface area (Å²) in [4.78, 5) is 23.7. The van der Waals surface area contributed by atoms with E-state index in [1.807, 2.05) is 0 Å². The zero-order valence-corrected chi connectivity index (χ0v) is 13.8. The standard InChI is InChI=1S/C17H23ClN2O3/c18-14-7-5-13(6-8-14)15(11-21)20-17(23)10-19-16(22)9-12-3-1-2-4-12/h5-8,12,15,21H,1-4,9-11H2,(H,19,22)(H,20,23). The molecule has 0 heterocycles. The number of rotatable bonds is 7. The lowest BCUT2D eigenvalue weighted by atomic mass is 10.0. The number of carbonyl (C=O) groups excluding carboxylic acids is 2. The highest BCUT2D eigenvalue weighted by Crippen LogP contribution is 2.27. The summed E-state index contributed by atoms with van der Waals surface area (Å²) in [5, 5.41) is 15.4. The van der Waals surface area contributed by atoms with Gasteiger partial charge in [0.05, 0.1) is 19.2 Å². The third kappa shape index (κ3) is 5.84. The molecule has 1 unspecified atom stereocenters. The monoisotopic (exact) mass is 338 g/mol. The summed E-state index contributed by atoms with van der Waals surface area (Å²) in [7, 11) is 0. The van der Waals surface area contributed by atoms with Gasteiger partial charge >= 0.3 is 0 Å². The number of aliphatic hydroxyl groups is 1. The van der Waals surface area contributed by atoms with E-state index in [9.17, 15) is 14.7 Å². The van der Waals surface area contributed by atoms with Gasteiger partial charge in [-0.25, -0.2) is 0 Å². The quantitative estimate of drug-likeness (QED) is 0.713. The molecule has 5 nitrogen and oxygen atoms in total. The molecule has 1 atom stereocenters. The smallest absolute Gasteiger partial charge is 0.239 e. The van der Waals surface area contributed by atoms with E-state index in [-0.39, 0.29) is 25.0 Å². The molecule has 23 heavy (non-hydrogen) atoms. The molecule has 1 fully saturated rings. The van der Waals surface area contributed by atoms with Gasteiger partial charge in [-0.1, -0.05) is 36.6 Å². The molecule has 0 radical (unpaired) electrons. The van der Waals surface area contributed by atoms with Crippen LogP contribution >= 0.6 is 11.6 Å². The zero-order chi connectivity index (χ0) is 16.7. The zero-order valence-electron chi connectivity index (χ0n) is 13.1. The van der Waals surface area contributed by atoms with Gasteiger partial charge in [0.25, 0.3) is 0 Å². The number of benzene rings is 1. The van der Waals surface area contributed by atoms with Crippen LogP contribution in [0.25, 0.3) is 0 Å². The lowest BCUT2D eigenvalue weighted by molar-refractivity contribution is -0.127. The fourth-order valence-corrected chi connectivity index (χ4v) is 3.03. The van der Waals surface area contributed by atoms with Gasteiger partial charge in [0.2, 0.25) is 11.8 Å². The average Bonchev–Trinajstić information content (AvgIpc) is 3.04. The van der Waals surface area contributed by atoms with Crippen LogP contribution in [0.15, 0.2) is 24.3 Å². The fourth-order valence-electron chi connectivity index (χ4n) is 2.90. The maximum absolute atomic E-state index is 11.9. The Balaban J connectivity index is 1.76. The molecule has 1 aliphatic rings. The van der Waals surface area contributed by atoms with Crippen molar-refractivity contribution in [2.24, 2.45) is 5.92 Å². The van der Waals surface area contributed by atoms with Gasteiger partial charge in [-0.05, 0) is 36.5 Å². The van der Waals surface area contributed by atoms with Gasteiger partial charge in [-0.3, -0.25) is 9.59 Å². The number of nitrogens with one attached hydrogen (secondary N) is 2. The minimum Gasteiger partial charge on any atom is -0.394 e. The van der Waals surface area contributed by atoms with E-state index in [0.717, 1.165) is 18.4 Å². The Hall–Kier alpha value is -1.59. The minimum absolute atomic E-state index is 0.0738. The molecule has 2 rings (SSSR count). The Labute approximate surface area is 141 Å². The van der Waals surface area contributed by atoms with Crippen LogP contribution < -0.4 is 10.6 Å². The predicted octanol–water partition coefficient (Wildman–Crippen LogP) is 2.19. The van der Waals surface area contributed by atoms with Crippen molar-refractivity contribution >= 4 is 23.4 Å². The van der Waals surface area contributed by atoms with Crippen LogP contribution in [-0.4, -0.2) is 30.1 Å². The first-order valence-electron chi connectivity index (χ1n) is 8.01. The Morgan fingerprint density at radius 2 is 1.83 bits per heavy atom. The molecule has 1 saturated carbocycles. The molecule has 1 aromatic carbocycles. The highest BCUT2D eigenvalue weighted by atomic mass is 35.5. The van der Waals surface area contributed by atoms with Crippen LogP contribution in [0.1, 0.15) is 43.7 Å². The minimum atomic E-state index is -0.508. The van der Waals surface area contributed by atoms with Gasteiger partial charge in [0.1, 0.15) is 0 Å². The fraction of sp³-hybridized carbons (Fsp3) is 0.529. The molecule has 1 aliphatic carbocycles. The normalized spacial score (nSPS) is 16.1. The summed E-state index contributed by atoms with van der Waals surface area (Å²) in [6.45, 7) is -0.293. The molecule has 3 N–H and O–H groups in total. The summed E-state index contributed by atoms with van der Waals surface area (Å²) in [6, 6.07) is 6.40. The highest BCUT2D eigenvalue weighted by molar-refractivity contribution is 6.30. The van der Waals surface area contributed by atoms with E-state index in [1.54, 1.807) is 24.3 Å². The molecule has 0 aromatic heterocycles. The van der Waals surface area contributed by atoms with Crippen molar-refractivity contribution in [3.8, 4) is 0 Å². The largest absolute Gasteiger partial charge is 0.394 e. The van der Waals surface area contributed by atoms with Crippen LogP contribution in [0, 0.1) is 5.92 Å². The van der Waals surface area contributed by atoms with Crippen molar-refractivity contribution in [2.45, 2.75) is 38.1 Å². The van der Waals surface area contributed by atoms with Gasteiger partial charge in [-0.15, -0.1) is 0 Å². The van der Waals surface area contributed by atoms with Crippen LogP contribution in [0.5, 0.6) is 0 Å². The number of hydrogen-bond acceptors (Lipinski definition) is 3. The molecule has 0 spiro atoms. The molecular weight excluding hydrogens is 316 g/mol. The summed E-state index contributed by atoms with van der Waals surface area (Å²) in [6.07, 6.45) is 5.08. The Bertz CT molecular complexity index is 527. The van der Waals surface area contributed by atoms with Gasteiger partial charge in [0, 0.05) is 11.4 Å². The van der Waals surface area contributed by atoms with E-state index in [1.165, 1.54) is 12.8 Å². The number of aliphatic hydroxyl groups excluding tert-OH is 1. The number of carbonyl (C=O) groups is 2. The predicted molar refractivity (Wildman–Crippen MR) is 89.0 cm³/mol. The van der Waals surface area contributed by atoms with E-state index in [4.69, 9.17) is 11.6 Å². The van der Waals surface area contributed by atoms with Crippen molar-refractivity contribution in [1.82, 2.24) is 10.6 Å². The van der Waals surface area contributed by atoms with Crippen LogP contribution in [0.3, 0.4) is 0 Å². The van der Waals surface area contributed by atoms with Crippen LogP contribution in [0.4, 0.5) is 0 Å². The Morgan fingerprint density at radius 1 is 1.17 bits per heavy atom. The van der Waals surface area contributed by atoms with Crippen molar-refractivity contribution in [3.63, 3.8) is 0 Å². The topological polar surface area (TPSA) is 78.4 Å². The summed E-state index contributed by atoms with van der Waals surface area (Å²) in [5.74, 6) is 0.0511. The average molecular weight is 339 g/mol. The number of halogens is 1. The van der Waals surface area contributed by atoms with Crippen molar-refractivity contribution in [2.75, 3.05) is 13.2 Å². The molecule has 6 heteroatoms. The van der Waals surface area contributed by atoms with Crippen LogP contribution in [0.2, 0.25) is 5.02 Å². The number of amides is 2. The second-order valence-electron chi connectivity index (χ2n) is 5.99. The van der Waals surface area contributed by atoms with Gasteiger partial charge in [0.15, 0.2) is 0 Å². The second-order valence-corrected chi connectivity index (χ2v) is 6.42. The Kier molecular flexibility index (Phi) is 6.86. The molecule has 0 aliphatic heterocycles. The molecule has 2 amide bonds. The molecule has 0 bridgehead atoms. The van der Waals surface area contributed by atoms with Gasteiger partial charge < -0.3 is 15.7 Å². The SMILES string of the molecule is O=C(CC1CCCC1)NCC(=O)NC(CO)c1ccc(Cl)cc1. The molecule has 1 aromatic rings. The van der Waals surface area contributed by atoms with Crippen molar-refractivity contribution in [3.05, 3.63) is 34.9 Å². The van der Waals surface area contributed by atoms with Crippen molar-refractivity contribution < 1.29 is 14.7 Å². The Morgan fingerprint density at radius 3 is 2.43 bits per heavy atom. The highest BCUT2D eigenvalue weighted by Gasteiger charge is 2.19. The third-order valence-corrected chi connectivity index (χ3v) is 4.44. The molecular formula is C17H23ClN2O3.